The van der Waals surface area contributed by atoms with Gasteiger partial charge in [-0.3, -0.25) is 4.90 Å². The van der Waals surface area contributed by atoms with Crippen LogP contribution < -0.4 is 0 Å². The first-order valence-corrected chi connectivity index (χ1v) is 8.94. The molecule has 0 spiro atoms. The maximum absolute atomic E-state index is 13.9. The normalized spacial score (nSPS) is 18.1. The number of hydrogen-bond donors (Lipinski definition) is 0. The van der Waals surface area contributed by atoms with Gasteiger partial charge in [-0.25, -0.2) is 4.39 Å². The standard InChI is InChI=1S/C23H22FNO/c24-16-22-17-26-18-25(22)23(19-10-4-1-5-11-19,20-12-6-2-7-13-20)21-14-8-3-9-15-21/h1-15,22H,16-18H2/t22-/m0/s1. The predicted molar refractivity (Wildman–Crippen MR) is 102 cm³/mol. The van der Waals surface area contributed by atoms with Crippen LogP contribution in [0.5, 0.6) is 0 Å². The number of ether oxygens (including phenoxy) is 1. The summed E-state index contributed by atoms with van der Waals surface area (Å²) in [5, 5.41) is 0. The Hall–Kier alpha value is -2.49. The molecule has 3 heteroatoms. The number of nitrogens with zero attached hydrogens (tertiary/aromatic N) is 1. The molecular formula is C23H22FNO. The van der Waals surface area contributed by atoms with Crippen LogP contribution in [0.1, 0.15) is 16.7 Å². The molecule has 3 aromatic carbocycles. The number of rotatable bonds is 5. The van der Waals surface area contributed by atoms with Crippen molar-refractivity contribution in [2.45, 2.75) is 11.6 Å². The van der Waals surface area contributed by atoms with Crippen LogP contribution >= 0.6 is 0 Å². The topological polar surface area (TPSA) is 12.5 Å². The molecule has 0 bridgehead atoms. The van der Waals surface area contributed by atoms with Gasteiger partial charge in [-0.1, -0.05) is 91.0 Å². The van der Waals surface area contributed by atoms with Crippen molar-refractivity contribution in [3.63, 3.8) is 0 Å². The van der Waals surface area contributed by atoms with Crippen LogP contribution in [0, 0.1) is 0 Å². The molecule has 3 aromatic rings. The van der Waals surface area contributed by atoms with E-state index in [1.54, 1.807) is 0 Å². The number of hydrogen-bond acceptors (Lipinski definition) is 2. The maximum atomic E-state index is 13.9. The highest BCUT2D eigenvalue weighted by molar-refractivity contribution is 5.49. The van der Waals surface area contributed by atoms with E-state index in [-0.39, 0.29) is 6.04 Å². The molecule has 0 N–H and O–H groups in total. The highest BCUT2D eigenvalue weighted by Crippen LogP contribution is 2.44. The quantitative estimate of drug-likeness (QED) is 0.625. The Morgan fingerprint density at radius 1 is 0.769 bits per heavy atom. The van der Waals surface area contributed by atoms with Crippen molar-refractivity contribution >= 4 is 0 Å². The third-order valence-corrected chi connectivity index (χ3v) is 5.17. The molecule has 0 radical (unpaired) electrons. The zero-order valence-electron chi connectivity index (χ0n) is 14.6. The minimum absolute atomic E-state index is 0.282. The summed E-state index contributed by atoms with van der Waals surface area (Å²) in [6.45, 7) is 0.367. The highest BCUT2D eigenvalue weighted by atomic mass is 19.1. The smallest absolute Gasteiger partial charge is 0.107 e. The predicted octanol–water partition coefficient (Wildman–Crippen LogP) is 4.61. The fourth-order valence-corrected chi connectivity index (χ4v) is 4.02. The van der Waals surface area contributed by atoms with E-state index in [1.807, 2.05) is 54.6 Å². The first-order chi connectivity index (χ1) is 12.9. The minimum atomic E-state index is -0.600. The average molecular weight is 347 g/mol. The van der Waals surface area contributed by atoms with E-state index in [0.29, 0.717) is 13.3 Å². The van der Waals surface area contributed by atoms with Gasteiger partial charge in [0.1, 0.15) is 13.4 Å². The SMILES string of the molecule is FC[C@H]1COCN1C(c1ccccc1)(c1ccccc1)c1ccccc1. The Labute approximate surface area is 153 Å². The Morgan fingerprint density at radius 2 is 1.19 bits per heavy atom. The third-order valence-electron chi connectivity index (χ3n) is 5.17. The largest absolute Gasteiger partial charge is 0.364 e. The Morgan fingerprint density at radius 3 is 1.58 bits per heavy atom. The van der Waals surface area contributed by atoms with Gasteiger partial charge in [0.15, 0.2) is 0 Å². The molecule has 26 heavy (non-hydrogen) atoms. The molecule has 0 aliphatic carbocycles. The van der Waals surface area contributed by atoms with Crippen LogP contribution in [0.4, 0.5) is 4.39 Å². The summed E-state index contributed by atoms with van der Waals surface area (Å²) in [7, 11) is 0. The molecule has 1 heterocycles. The van der Waals surface area contributed by atoms with E-state index in [9.17, 15) is 4.39 Å². The number of halogens is 1. The summed E-state index contributed by atoms with van der Waals surface area (Å²) in [6, 6.07) is 30.7. The van der Waals surface area contributed by atoms with Crippen molar-refractivity contribution < 1.29 is 9.13 Å². The molecule has 0 amide bonds. The van der Waals surface area contributed by atoms with Crippen molar-refractivity contribution in [2.24, 2.45) is 0 Å². The van der Waals surface area contributed by atoms with Crippen LogP contribution in [0.25, 0.3) is 0 Å². The lowest BCUT2D eigenvalue weighted by atomic mass is 9.75. The molecule has 1 atom stereocenters. The lowest BCUT2D eigenvalue weighted by molar-refractivity contribution is 0.0775. The fourth-order valence-electron chi connectivity index (χ4n) is 4.02. The van der Waals surface area contributed by atoms with Crippen LogP contribution in [-0.2, 0) is 10.3 Å². The molecule has 0 aromatic heterocycles. The van der Waals surface area contributed by atoms with Crippen molar-refractivity contribution in [1.29, 1.82) is 0 Å². The van der Waals surface area contributed by atoms with Gasteiger partial charge in [-0.2, -0.15) is 0 Å². The van der Waals surface area contributed by atoms with E-state index in [1.165, 1.54) is 0 Å². The van der Waals surface area contributed by atoms with E-state index >= 15 is 0 Å². The van der Waals surface area contributed by atoms with Gasteiger partial charge < -0.3 is 4.74 Å². The molecule has 4 rings (SSSR count). The number of benzene rings is 3. The molecule has 2 nitrogen and oxygen atoms in total. The highest BCUT2D eigenvalue weighted by Gasteiger charge is 2.47. The van der Waals surface area contributed by atoms with Gasteiger partial charge in [0.05, 0.1) is 18.2 Å². The van der Waals surface area contributed by atoms with Crippen molar-refractivity contribution in [2.75, 3.05) is 20.0 Å². The second-order valence-corrected chi connectivity index (χ2v) is 6.59. The van der Waals surface area contributed by atoms with E-state index in [0.717, 1.165) is 16.7 Å². The Bertz CT molecular complexity index is 726. The van der Waals surface area contributed by atoms with Gasteiger partial charge >= 0.3 is 0 Å². The van der Waals surface area contributed by atoms with Crippen molar-refractivity contribution in [1.82, 2.24) is 4.90 Å². The van der Waals surface area contributed by atoms with E-state index in [2.05, 4.69) is 41.3 Å². The fraction of sp³-hybridized carbons (Fsp3) is 0.217. The van der Waals surface area contributed by atoms with E-state index < -0.39 is 12.2 Å². The van der Waals surface area contributed by atoms with Crippen LogP contribution in [0.2, 0.25) is 0 Å². The van der Waals surface area contributed by atoms with Crippen LogP contribution in [-0.4, -0.2) is 31.0 Å². The van der Waals surface area contributed by atoms with Gasteiger partial charge in [0.25, 0.3) is 0 Å². The summed E-state index contributed by atoms with van der Waals surface area (Å²) in [5.74, 6) is 0. The Balaban J connectivity index is 2.04. The minimum Gasteiger partial charge on any atom is -0.364 e. The zero-order valence-corrected chi connectivity index (χ0v) is 14.6. The molecule has 1 fully saturated rings. The van der Waals surface area contributed by atoms with E-state index in [4.69, 9.17) is 4.74 Å². The number of alkyl halides is 1. The van der Waals surface area contributed by atoms with Gasteiger partial charge in [-0.05, 0) is 16.7 Å². The average Bonchev–Trinajstić information content (AvgIpc) is 3.20. The van der Waals surface area contributed by atoms with Crippen molar-refractivity contribution in [3.8, 4) is 0 Å². The third kappa shape index (κ3) is 2.74. The van der Waals surface area contributed by atoms with Gasteiger partial charge in [0.2, 0.25) is 0 Å². The first kappa shape index (κ1) is 17.0. The summed E-state index contributed by atoms with van der Waals surface area (Å²) in [5.41, 5.74) is 2.74. The lowest BCUT2D eigenvalue weighted by Crippen LogP contribution is -2.51. The summed E-state index contributed by atoms with van der Waals surface area (Å²) < 4.78 is 19.6. The summed E-state index contributed by atoms with van der Waals surface area (Å²) >= 11 is 0. The second-order valence-electron chi connectivity index (χ2n) is 6.59. The molecule has 1 aliphatic rings. The van der Waals surface area contributed by atoms with Crippen molar-refractivity contribution in [3.05, 3.63) is 108 Å². The van der Waals surface area contributed by atoms with Gasteiger partial charge in [0, 0.05) is 0 Å². The van der Waals surface area contributed by atoms with Gasteiger partial charge in [-0.15, -0.1) is 0 Å². The molecule has 1 saturated heterocycles. The molecule has 0 saturated carbocycles. The second kappa shape index (κ2) is 7.40. The molecule has 1 aliphatic heterocycles. The summed E-state index contributed by atoms with van der Waals surface area (Å²) in [6.07, 6.45) is 0. The lowest BCUT2D eigenvalue weighted by Gasteiger charge is -2.45. The molecular weight excluding hydrogens is 325 g/mol. The Kier molecular flexibility index (Phi) is 4.83. The molecule has 0 unspecified atom stereocenters. The summed E-state index contributed by atoms with van der Waals surface area (Å²) in [4.78, 5) is 2.16. The molecule has 132 valence electrons. The zero-order chi connectivity index (χ0) is 17.8. The first-order valence-electron chi connectivity index (χ1n) is 8.94. The van der Waals surface area contributed by atoms with Crippen LogP contribution in [0.15, 0.2) is 91.0 Å². The monoisotopic (exact) mass is 347 g/mol. The maximum Gasteiger partial charge on any atom is 0.107 e. The van der Waals surface area contributed by atoms with Crippen LogP contribution in [0.3, 0.4) is 0 Å².